The van der Waals surface area contributed by atoms with Gasteiger partial charge >= 0.3 is 0 Å². The Balaban J connectivity index is 2.55. The molecule has 0 spiro atoms. The van der Waals surface area contributed by atoms with Gasteiger partial charge in [-0.1, -0.05) is 19.8 Å². The van der Waals surface area contributed by atoms with Crippen LogP contribution in [0.1, 0.15) is 37.3 Å². The molecule has 0 unspecified atom stereocenters. The van der Waals surface area contributed by atoms with Crippen LogP contribution < -0.4 is 0 Å². The molecule has 1 aromatic carbocycles. The van der Waals surface area contributed by atoms with Gasteiger partial charge in [0.05, 0.1) is 0 Å². The highest BCUT2D eigenvalue weighted by Crippen LogP contribution is 2.28. The Morgan fingerprint density at radius 1 is 1.13 bits per heavy atom. The van der Waals surface area contributed by atoms with Crippen LogP contribution in [-0.4, -0.2) is 10.9 Å². The van der Waals surface area contributed by atoms with E-state index in [-0.39, 0.29) is 0 Å². The molecule has 0 amide bonds. The number of hydrogen-bond donors (Lipinski definition) is 1. The molecule has 0 aliphatic heterocycles. The maximum atomic E-state index is 9.63. The van der Waals surface area contributed by atoms with E-state index < -0.39 is 0 Å². The molecule has 0 aromatic heterocycles. The Kier molecular flexibility index (Phi) is 5.03. The number of unbranched alkanes of at least 4 members (excludes halogenated alkanes) is 2. The first-order valence-electron chi connectivity index (χ1n) is 5.58. The largest absolute Gasteiger partial charge is 0.507 e. The summed E-state index contributed by atoms with van der Waals surface area (Å²) in [5, 5.41) is 9.63. The summed E-state index contributed by atoms with van der Waals surface area (Å²) in [5.74, 6) is 1.62. The summed E-state index contributed by atoms with van der Waals surface area (Å²) in [7, 11) is 0. The van der Waals surface area contributed by atoms with E-state index >= 15 is 0 Å². The van der Waals surface area contributed by atoms with Gasteiger partial charge in [0, 0.05) is 4.90 Å². The van der Waals surface area contributed by atoms with Gasteiger partial charge in [0.1, 0.15) is 5.75 Å². The first-order valence-corrected chi connectivity index (χ1v) is 6.56. The minimum atomic E-state index is 0.438. The number of aryl methyl sites for hydroxylation is 2. The van der Waals surface area contributed by atoms with E-state index in [4.69, 9.17) is 0 Å². The van der Waals surface area contributed by atoms with Crippen LogP contribution in [0.15, 0.2) is 17.0 Å². The highest BCUT2D eigenvalue weighted by Gasteiger charge is 2.03. The van der Waals surface area contributed by atoms with Gasteiger partial charge in [-0.3, -0.25) is 0 Å². The number of benzene rings is 1. The smallest absolute Gasteiger partial charge is 0.121 e. The molecule has 1 aromatic rings. The van der Waals surface area contributed by atoms with Crippen molar-refractivity contribution < 1.29 is 5.11 Å². The van der Waals surface area contributed by atoms with Gasteiger partial charge in [0.15, 0.2) is 0 Å². The lowest BCUT2D eigenvalue weighted by atomic mass is 10.1. The molecule has 0 aliphatic rings. The Hall–Kier alpha value is -0.630. The maximum absolute atomic E-state index is 9.63. The van der Waals surface area contributed by atoms with Crippen molar-refractivity contribution in [2.24, 2.45) is 0 Å². The number of hydrogen-bond acceptors (Lipinski definition) is 2. The van der Waals surface area contributed by atoms with Gasteiger partial charge in [-0.05, 0) is 49.3 Å². The van der Waals surface area contributed by atoms with Crippen molar-refractivity contribution in [2.45, 2.75) is 44.9 Å². The number of phenols is 1. The van der Waals surface area contributed by atoms with Crippen molar-refractivity contribution >= 4 is 11.8 Å². The second-order valence-corrected chi connectivity index (χ2v) is 5.13. The monoisotopic (exact) mass is 224 g/mol. The van der Waals surface area contributed by atoms with E-state index in [1.807, 2.05) is 25.6 Å². The van der Waals surface area contributed by atoms with Crippen molar-refractivity contribution in [3.63, 3.8) is 0 Å². The summed E-state index contributed by atoms with van der Waals surface area (Å²) in [6.45, 7) is 6.14. The predicted molar refractivity (Wildman–Crippen MR) is 67.8 cm³/mol. The van der Waals surface area contributed by atoms with E-state index in [1.54, 1.807) is 0 Å². The molecular formula is C13H20OS. The van der Waals surface area contributed by atoms with Crippen molar-refractivity contribution in [3.05, 3.63) is 23.3 Å². The lowest BCUT2D eigenvalue weighted by Crippen LogP contribution is -1.85. The second kappa shape index (κ2) is 6.06. The molecule has 84 valence electrons. The topological polar surface area (TPSA) is 20.2 Å². The highest BCUT2D eigenvalue weighted by atomic mass is 32.2. The van der Waals surface area contributed by atoms with Crippen LogP contribution >= 0.6 is 11.8 Å². The van der Waals surface area contributed by atoms with Gasteiger partial charge in [-0.2, -0.15) is 0 Å². The molecule has 0 saturated heterocycles. The van der Waals surface area contributed by atoms with Crippen LogP contribution in [0.5, 0.6) is 5.75 Å². The van der Waals surface area contributed by atoms with Crippen molar-refractivity contribution in [1.82, 2.24) is 0 Å². The summed E-state index contributed by atoms with van der Waals surface area (Å²) in [6, 6.07) is 4.14. The van der Waals surface area contributed by atoms with Crippen LogP contribution in [0, 0.1) is 13.8 Å². The third-order valence-corrected chi connectivity index (χ3v) is 3.54. The molecule has 0 atom stereocenters. The van der Waals surface area contributed by atoms with Crippen molar-refractivity contribution in [1.29, 1.82) is 0 Å². The first-order chi connectivity index (χ1) is 7.15. The third-order valence-electron chi connectivity index (χ3n) is 2.48. The molecule has 1 N–H and O–H groups in total. The summed E-state index contributed by atoms with van der Waals surface area (Å²) in [6.07, 6.45) is 3.86. The molecule has 0 bridgehead atoms. The fraction of sp³-hybridized carbons (Fsp3) is 0.538. The summed E-state index contributed by atoms with van der Waals surface area (Å²) in [4.78, 5) is 1.28. The molecule has 2 heteroatoms. The van der Waals surface area contributed by atoms with Crippen LogP contribution in [0.4, 0.5) is 0 Å². The fourth-order valence-corrected chi connectivity index (χ4v) is 2.65. The highest BCUT2D eigenvalue weighted by molar-refractivity contribution is 7.99. The van der Waals surface area contributed by atoms with Gasteiger partial charge < -0.3 is 5.11 Å². The summed E-state index contributed by atoms with van der Waals surface area (Å²) >= 11 is 1.89. The molecule has 0 saturated carbocycles. The fourth-order valence-electron chi connectivity index (χ4n) is 1.54. The molecule has 0 heterocycles. The molecule has 1 nitrogen and oxygen atoms in total. The van der Waals surface area contributed by atoms with E-state index in [0.29, 0.717) is 5.75 Å². The van der Waals surface area contributed by atoms with Crippen molar-refractivity contribution in [3.8, 4) is 5.75 Å². The van der Waals surface area contributed by atoms with Gasteiger partial charge in [0.2, 0.25) is 0 Å². The minimum absolute atomic E-state index is 0.438. The maximum Gasteiger partial charge on any atom is 0.121 e. The van der Waals surface area contributed by atoms with Crippen LogP contribution in [0.2, 0.25) is 0 Å². The Bertz CT molecular complexity index is 297. The van der Waals surface area contributed by atoms with E-state index in [9.17, 15) is 5.11 Å². The zero-order chi connectivity index (χ0) is 11.3. The molecule has 1 rings (SSSR count). The average Bonchev–Trinajstić information content (AvgIpc) is 2.21. The molecule has 15 heavy (non-hydrogen) atoms. The quantitative estimate of drug-likeness (QED) is 0.594. The van der Waals surface area contributed by atoms with Crippen LogP contribution in [-0.2, 0) is 0 Å². The van der Waals surface area contributed by atoms with E-state index in [2.05, 4.69) is 19.1 Å². The van der Waals surface area contributed by atoms with Gasteiger partial charge in [0.25, 0.3) is 0 Å². The van der Waals surface area contributed by atoms with Crippen molar-refractivity contribution in [2.75, 3.05) is 5.75 Å². The molecule has 0 fully saturated rings. The van der Waals surface area contributed by atoms with Gasteiger partial charge in [-0.25, -0.2) is 0 Å². The second-order valence-electron chi connectivity index (χ2n) is 3.96. The minimum Gasteiger partial charge on any atom is -0.507 e. The zero-order valence-electron chi connectivity index (χ0n) is 9.84. The number of rotatable bonds is 5. The molecule has 0 aliphatic carbocycles. The standard InChI is InChI=1S/C13H20OS/c1-4-5-6-7-15-12-8-10(2)13(14)11(3)9-12/h8-9,14H,4-7H2,1-3H3. The Labute approximate surface area is 96.9 Å². The Morgan fingerprint density at radius 3 is 2.27 bits per heavy atom. The number of thioether (sulfide) groups is 1. The average molecular weight is 224 g/mol. The van der Waals surface area contributed by atoms with Crippen LogP contribution in [0.25, 0.3) is 0 Å². The normalized spacial score (nSPS) is 10.6. The van der Waals surface area contributed by atoms with Gasteiger partial charge in [-0.15, -0.1) is 11.8 Å². The first kappa shape index (κ1) is 12.4. The SMILES string of the molecule is CCCCCSc1cc(C)c(O)c(C)c1. The van der Waals surface area contributed by atoms with E-state index in [1.165, 1.54) is 29.9 Å². The lowest BCUT2D eigenvalue weighted by molar-refractivity contribution is 0.466. The summed E-state index contributed by atoms with van der Waals surface area (Å²) in [5.41, 5.74) is 1.96. The predicted octanol–water partition coefficient (Wildman–Crippen LogP) is 4.29. The number of aromatic hydroxyl groups is 1. The molecule has 0 radical (unpaired) electrons. The third kappa shape index (κ3) is 3.78. The number of phenolic OH excluding ortho intramolecular Hbond substituents is 1. The zero-order valence-corrected chi connectivity index (χ0v) is 10.7. The van der Waals surface area contributed by atoms with Crippen LogP contribution in [0.3, 0.4) is 0 Å². The summed E-state index contributed by atoms with van der Waals surface area (Å²) < 4.78 is 0. The Morgan fingerprint density at radius 2 is 1.73 bits per heavy atom. The lowest BCUT2D eigenvalue weighted by Gasteiger charge is -2.07. The van der Waals surface area contributed by atoms with E-state index in [0.717, 1.165) is 11.1 Å². The molecular weight excluding hydrogens is 204 g/mol.